The van der Waals surface area contributed by atoms with Gasteiger partial charge in [0, 0.05) is 32.1 Å². The predicted molar refractivity (Wildman–Crippen MR) is 216 cm³/mol. The van der Waals surface area contributed by atoms with E-state index in [1.54, 1.807) is 19.4 Å². The van der Waals surface area contributed by atoms with E-state index in [1.165, 1.54) is 37.3 Å². The van der Waals surface area contributed by atoms with Crippen LogP contribution in [-0.4, -0.2) is 29.4 Å². The number of hydrogen-bond acceptors (Lipinski definition) is 5. The molecule has 5 nitrogen and oxygen atoms in total. The first-order valence-corrected chi connectivity index (χ1v) is 20.6. The van der Waals surface area contributed by atoms with Gasteiger partial charge in [-0.15, -0.1) is 0 Å². The van der Waals surface area contributed by atoms with E-state index < -0.39 is 0 Å². The third-order valence-corrected chi connectivity index (χ3v) is 13.8. The number of Topliss-reactive ketones (excluding diaryl/α,β-unsaturated/α-hetero) is 3. The van der Waals surface area contributed by atoms with Gasteiger partial charge in [-0.05, 0) is 123 Å². The van der Waals surface area contributed by atoms with Crippen LogP contribution in [0.2, 0.25) is 0 Å². The zero-order valence-electron chi connectivity index (χ0n) is 34.3. The van der Waals surface area contributed by atoms with Crippen LogP contribution in [0.3, 0.4) is 0 Å². The molecule has 6 rings (SSSR count). The molecule has 3 unspecified atom stereocenters. The van der Waals surface area contributed by atoms with Crippen molar-refractivity contribution in [3.8, 4) is 0 Å². The van der Waals surface area contributed by atoms with Crippen molar-refractivity contribution in [3.63, 3.8) is 0 Å². The van der Waals surface area contributed by atoms with E-state index in [9.17, 15) is 19.2 Å². The fourth-order valence-corrected chi connectivity index (χ4v) is 11.2. The minimum Gasteiger partial charge on any atom is -0.462 e. The summed E-state index contributed by atoms with van der Waals surface area (Å²) >= 11 is 0. The standard InChI is InChI=1S/C25H38O3.C12H16O.C11H14O/c1-6-17-13-22-20-8-7-18-14-19(28-16(3)27)9-11-24(18,4)21(20)10-12-25(22,5)23(17)15(2)26;1-3-11(9-10(2)13)12-7-5-4-6-8-12;1-9(8-10(2)12)11-6-4-3-5-7-11/h7,17,19-23H,6,8-14H2,1-5H3;4-8,11H,3,9H2,1-2H3;3-7,9H,8H2,1-2H3/t17-,19?,20-,21+,22+,23+,24+,25+;;/m1../s1. The SMILES string of the molecule is CC(=O)CC(C)c1ccccc1.CCC(CC(C)=O)c1ccccc1.CC[C@@H]1C[C@H]2[C@@H]3CC=C4CC(OC(C)=O)CC[C@]4(C)[C@H]3CC[C@]2(C)[C@H]1C(C)=O. The quantitative estimate of drug-likeness (QED) is 0.180. The molecule has 0 saturated heterocycles. The molecule has 0 radical (unpaired) electrons. The fraction of sp³-hybridized carbons (Fsp3) is 0.625. The van der Waals surface area contributed by atoms with Crippen LogP contribution in [-0.2, 0) is 23.9 Å². The number of ether oxygens (including phenoxy) is 1. The Hall–Kier alpha value is -3.34. The zero-order chi connectivity index (χ0) is 38.9. The summed E-state index contributed by atoms with van der Waals surface area (Å²) in [6.07, 6.45) is 14.0. The van der Waals surface area contributed by atoms with Gasteiger partial charge in [-0.3, -0.25) is 9.59 Å². The van der Waals surface area contributed by atoms with Crippen molar-refractivity contribution in [2.24, 2.45) is 40.4 Å². The number of allylic oxidation sites excluding steroid dienone is 1. The summed E-state index contributed by atoms with van der Waals surface area (Å²) in [4.78, 5) is 45.8. The molecule has 290 valence electrons. The number of carbonyl (C=O) groups excluding carboxylic acids is 4. The zero-order valence-corrected chi connectivity index (χ0v) is 34.3. The monoisotopic (exact) mass is 725 g/mol. The smallest absolute Gasteiger partial charge is 0.302 e. The molecule has 0 bridgehead atoms. The highest BCUT2D eigenvalue weighted by atomic mass is 16.5. The number of ketones is 3. The van der Waals surface area contributed by atoms with E-state index in [1.807, 2.05) is 43.3 Å². The molecule has 0 aromatic heterocycles. The highest BCUT2D eigenvalue weighted by molar-refractivity contribution is 5.80. The molecule has 0 spiro atoms. The largest absolute Gasteiger partial charge is 0.462 e. The van der Waals surface area contributed by atoms with Gasteiger partial charge in [-0.25, -0.2) is 0 Å². The Morgan fingerprint density at radius 3 is 1.92 bits per heavy atom. The molecule has 4 aliphatic carbocycles. The van der Waals surface area contributed by atoms with Crippen molar-refractivity contribution >= 4 is 23.3 Å². The number of rotatable bonds is 10. The van der Waals surface area contributed by atoms with Crippen molar-refractivity contribution in [2.45, 2.75) is 151 Å². The summed E-state index contributed by atoms with van der Waals surface area (Å²) in [5, 5.41) is 0. The first kappa shape index (κ1) is 42.4. The van der Waals surface area contributed by atoms with Crippen LogP contribution in [0.1, 0.15) is 156 Å². The molecule has 0 heterocycles. The van der Waals surface area contributed by atoms with Crippen molar-refractivity contribution in [1.29, 1.82) is 0 Å². The third kappa shape index (κ3) is 10.3. The number of fused-ring (bicyclic) bond motifs is 5. The van der Waals surface area contributed by atoms with Crippen LogP contribution >= 0.6 is 0 Å². The maximum absolute atomic E-state index is 12.6. The molecule has 0 amide bonds. The molecule has 3 fully saturated rings. The molecule has 0 aliphatic heterocycles. The summed E-state index contributed by atoms with van der Waals surface area (Å²) in [6.45, 7) is 18.1. The highest BCUT2D eigenvalue weighted by Crippen LogP contribution is 2.67. The Labute approximate surface area is 321 Å². The van der Waals surface area contributed by atoms with Crippen LogP contribution in [0.4, 0.5) is 0 Å². The molecule has 2 aromatic carbocycles. The molecule has 2 aromatic rings. The summed E-state index contributed by atoms with van der Waals surface area (Å²) < 4.78 is 5.56. The van der Waals surface area contributed by atoms with Gasteiger partial charge in [0.1, 0.15) is 23.5 Å². The van der Waals surface area contributed by atoms with Gasteiger partial charge < -0.3 is 14.3 Å². The van der Waals surface area contributed by atoms with Crippen molar-refractivity contribution in [2.75, 3.05) is 0 Å². The van der Waals surface area contributed by atoms with Crippen LogP contribution in [0.25, 0.3) is 0 Å². The van der Waals surface area contributed by atoms with E-state index >= 15 is 0 Å². The molecule has 3 saturated carbocycles. The minimum absolute atomic E-state index is 0.0697. The summed E-state index contributed by atoms with van der Waals surface area (Å²) in [6, 6.07) is 20.4. The van der Waals surface area contributed by atoms with Gasteiger partial charge in [0.25, 0.3) is 0 Å². The van der Waals surface area contributed by atoms with Crippen LogP contribution in [0, 0.1) is 40.4 Å². The first-order valence-electron chi connectivity index (χ1n) is 20.6. The molecule has 0 N–H and O–H groups in total. The minimum atomic E-state index is -0.150. The van der Waals surface area contributed by atoms with Crippen LogP contribution in [0.15, 0.2) is 72.3 Å². The second kappa shape index (κ2) is 18.8. The lowest BCUT2D eigenvalue weighted by Crippen LogP contribution is -2.51. The van der Waals surface area contributed by atoms with Crippen molar-refractivity contribution < 1.29 is 23.9 Å². The predicted octanol–water partition coefficient (Wildman–Crippen LogP) is 11.7. The van der Waals surface area contributed by atoms with E-state index in [4.69, 9.17) is 4.74 Å². The Morgan fingerprint density at radius 2 is 1.40 bits per heavy atom. The lowest BCUT2D eigenvalue weighted by molar-refractivity contribution is -0.149. The average Bonchev–Trinajstić information content (AvgIpc) is 3.44. The molecular weight excluding hydrogens is 657 g/mol. The molecule has 10 atom stereocenters. The molecule has 4 aliphatic rings. The van der Waals surface area contributed by atoms with Gasteiger partial charge in [-0.2, -0.15) is 0 Å². The Balaban J connectivity index is 0.000000208. The summed E-state index contributed by atoms with van der Waals surface area (Å²) in [5.41, 5.74) is 4.53. The van der Waals surface area contributed by atoms with E-state index in [2.05, 4.69) is 65.0 Å². The maximum Gasteiger partial charge on any atom is 0.302 e. The van der Waals surface area contributed by atoms with E-state index in [0.29, 0.717) is 42.3 Å². The maximum atomic E-state index is 12.6. The second-order valence-electron chi connectivity index (χ2n) is 17.4. The van der Waals surface area contributed by atoms with Gasteiger partial charge in [0.05, 0.1) is 0 Å². The van der Waals surface area contributed by atoms with Crippen LogP contribution < -0.4 is 0 Å². The average molecular weight is 725 g/mol. The number of hydrogen-bond donors (Lipinski definition) is 0. The topological polar surface area (TPSA) is 77.5 Å². The summed E-state index contributed by atoms with van der Waals surface area (Å²) in [5.74, 6) is 4.53. The van der Waals surface area contributed by atoms with Gasteiger partial charge in [0.15, 0.2) is 0 Å². The normalized spacial score (nSPS) is 30.9. The van der Waals surface area contributed by atoms with Crippen LogP contribution in [0.5, 0.6) is 0 Å². The molecular formula is C48H68O5. The fourth-order valence-electron chi connectivity index (χ4n) is 11.2. The van der Waals surface area contributed by atoms with Gasteiger partial charge >= 0.3 is 5.97 Å². The lowest BCUT2D eigenvalue weighted by Gasteiger charge is -2.58. The van der Waals surface area contributed by atoms with Gasteiger partial charge in [0.2, 0.25) is 0 Å². The third-order valence-electron chi connectivity index (χ3n) is 13.8. The van der Waals surface area contributed by atoms with Gasteiger partial charge in [-0.1, -0.05) is 113 Å². The Kier molecular flexibility index (Phi) is 15.0. The number of carbonyl (C=O) groups is 4. The number of benzene rings is 2. The van der Waals surface area contributed by atoms with E-state index in [0.717, 1.165) is 50.4 Å². The second-order valence-corrected chi connectivity index (χ2v) is 17.4. The Bertz CT molecular complexity index is 1560. The Morgan fingerprint density at radius 1 is 0.792 bits per heavy atom. The molecule has 5 heteroatoms. The van der Waals surface area contributed by atoms with Crippen molar-refractivity contribution in [1.82, 2.24) is 0 Å². The summed E-state index contributed by atoms with van der Waals surface area (Å²) in [7, 11) is 0. The lowest BCUT2D eigenvalue weighted by atomic mass is 9.47. The number of esters is 1. The van der Waals surface area contributed by atoms with Crippen molar-refractivity contribution in [3.05, 3.63) is 83.4 Å². The van der Waals surface area contributed by atoms with E-state index in [-0.39, 0.29) is 40.4 Å². The highest BCUT2D eigenvalue weighted by Gasteiger charge is 2.61. The first-order chi connectivity index (χ1) is 25.1. The molecule has 53 heavy (non-hydrogen) atoms.